The summed E-state index contributed by atoms with van der Waals surface area (Å²) in [6, 6.07) is 0. The zero-order chi connectivity index (χ0) is 24.9. The first-order valence-electron chi connectivity index (χ1n) is 14.6. The van der Waals surface area contributed by atoms with Crippen LogP contribution >= 0.6 is 0 Å². The maximum absolute atomic E-state index is 11.9. The molecule has 0 amide bonds. The molecule has 5 aliphatic carbocycles. The number of fused-ring (bicyclic) bond motifs is 7. The van der Waals surface area contributed by atoms with E-state index in [4.69, 9.17) is 4.74 Å². The minimum atomic E-state index is -0.110. The summed E-state index contributed by atoms with van der Waals surface area (Å²) in [6.07, 6.45) is 14.6. The second-order valence-corrected chi connectivity index (χ2v) is 15.3. The minimum Gasteiger partial charge on any atom is -0.462 e. The Morgan fingerprint density at radius 1 is 0.882 bits per heavy atom. The van der Waals surface area contributed by atoms with Crippen LogP contribution in [0.2, 0.25) is 0 Å². The highest BCUT2D eigenvalue weighted by atomic mass is 16.5. The molecule has 0 aromatic heterocycles. The molecule has 4 fully saturated rings. The summed E-state index contributed by atoms with van der Waals surface area (Å²) in [4.78, 5) is 11.9. The molecule has 0 saturated heterocycles. The van der Waals surface area contributed by atoms with Crippen molar-refractivity contribution in [3.63, 3.8) is 0 Å². The Labute approximate surface area is 210 Å². The van der Waals surface area contributed by atoms with Crippen molar-refractivity contribution in [3.8, 4) is 0 Å². The smallest absolute Gasteiger partial charge is 0.302 e. The van der Waals surface area contributed by atoms with Gasteiger partial charge in [0.1, 0.15) is 6.10 Å². The van der Waals surface area contributed by atoms with Gasteiger partial charge in [-0.05, 0) is 109 Å². The van der Waals surface area contributed by atoms with Gasteiger partial charge in [0.05, 0.1) is 0 Å². The summed E-state index contributed by atoms with van der Waals surface area (Å²) in [7, 11) is 0. The molecule has 192 valence electrons. The number of esters is 1. The predicted molar refractivity (Wildman–Crippen MR) is 140 cm³/mol. The standard InChI is InChI=1S/C32H52O2/c1-20-12-15-29(6)18-19-31(8)23(27(29)21(20)2)10-11-25-30(7)16-14-26(34-22(3)33)28(4,5)24(30)13-17-32(25,31)9/h10,20-21,24-27H,11-19H2,1-9H3/t20-,21+,24+,25+,26+,27-,29-,30+,31+,32-/m1/s1. The lowest BCUT2D eigenvalue weighted by molar-refractivity contribution is -0.212. The van der Waals surface area contributed by atoms with E-state index in [0.29, 0.717) is 27.6 Å². The van der Waals surface area contributed by atoms with Crippen molar-refractivity contribution in [3.05, 3.63) is 11.6 Å². The monoisotopic (exact) mass is 468 g/mol. The molecule has 34 heavy (non-hydrogen) atoms. The van der Waals surface area contributed by atoms with Crippen molar-refractivity contribution in [2.24, 2.45) is 56.7 Å². The number of ether oxygens (including phenoxy) is 1. The molecule has 2 heteroatoms. The lowest BCUT2D eigenvalue weighted by Gasteiger charge is -2.71. The fourth-order valence-electron chi connectivity index (χ4n) is 11.2. The molecule has 0 aromatic rings. The Bertz CT molecular complexity index is 885. The second kappa shape index (κ2) is 7.61. The number of hydrogen-bond acceptors (Lipinski definition) is 2. The van der Waals surface area contributed by atoms with Gasteiger partial charge in [0.15, 0.2) is 0 Å². The van der Waals surface area contributed by atoms with Gasteiger partial charge in [-0.3, -0.25) is 4.79 Å². The van der Waals surface area contributed by atoms with Crippen LogP contribution < -0.4 is 0 Å². The van der Waals surface area contributed by atoms with Crippen molar-refractivity contribution < 1.29 is 9.53 Å². The highest BCUT2D eigenvalue weighted by Gasteiger charge is 2.68. The Morgan fingerprint density at radius 3 is 2.26 bits per heavy atom. The molecule has 0 heterocycles. The number of rotatable bonds is 1. The van der Waals surface area contributed by atoms with E-state index >= 15 is 0 Å². The first-order chi connectivity index (χ1) is 15.7. The van der Waals surface area contributed by atoms with Crippen LogP contribution in [0.5, 0.6) is 0 Å². The number of carbonyl (C=O) groups excluding carboxylic acids is 1. The summed E-state index contributed by atoms with van der Waals surface area (Å²) >= 11 is 0. The highest BCUT2D eigenvalue weighted by molar-refractivity contribution is 5.66. The van der Waals surface area contributed by atoms with E-state index in [-0.39, 0.29) is 17.5 Å². The zero-order valence-electron chi connectivity index (χ0n) is 23.7. The third-order valence-corrected chi connectivity index (χ3v) is 13.6. The van der Waals surface area contributed by atoms with E-state index in [2.05, 4.69) is 61.5 Å². The molecule has 0 aromatic carbocycles. The first-order valence-corrected chi connectivity index (χ1v) is 14.6. The Kier molecular flexibility index (Phi) is 5.57. The van der Waals surface area contributed by atoms with Gasteiger partial charge in [0.2, 0.25) is 0 Å². The average Bonchev–Trinajstić information content (AvgIpc) is 2.74. The molecule has 0 radical (unpaired) electrons. The van der Waals surface area contributed by atoms with Crippen LogP contribution in [0, 0.1) is 56.7 Å². The third kappa shape index (κ3) is 3.08. The fourth-order valence-corrected chi connectivity index (χ4v) is 11.2. The van der Waals surface area contributed by atoms with Crippen molar-refractivity contribution in [2.45, 2.75) is 126 Å². The van der Waals surface area contributed by atoms with Gasteiger partial charge in [0, 0.05) is 12.3 Å². The summed E-state index contributed by atoms with van der Waals surface area (Å²) in [5.41, 5.74) is 3.44. The largest absolute Gasteiger partial charge is 0.462 e. The van der Waals surface area contributed by atoms with Crippen molar-refractivity contribution >= 4 is 5.97 Å². The molecular formula is C32H52O2. The van der Waals surface area contributed by atoms with E-state index in [9.17, 15) is 4.79 Å². The van der Waals surface area contributed by atoms with E-state index in [1.165, 1.54) is 51.4 Å². The lowest BCUT2D eigenvalue weighted by atomic mass is 9.33. The van der Waals surface area contributed by atoms with Crippen molar-refractivity contribution in [1.29, 1.82) is 0 Å². The topological polar surface area (TPSA) is 26.3 Å². The van der Waals surface area contributed by atoms with Gasteiger partial charge in [-0.1, -0.05) is 67.0 Å². The lowest BCUT2D eigenvalue weighted by Crippen LogP contribution is -2.65. The summed E-state index contributed by atoms with van der Waals surface area (Å²) < 4.78 is 5.91. The molecule has 0 spiro atoms. The van der Waals surface area contributed by atoms with E-state index in [1.807, 2.05) is 5.57 Å². The van der Waals surface area contributed by atoms with Crippen molar-refractivity contribution in [1.82, 2.24) is 0 Å². The van der Waals surface area contributed by atoms with Crippen LogP contribution in [0.25, 0.3) is 0 Å². The van der Waals surface area contributed by atoms with Crippen molar-refractivity contribution in [2.75, 3.05) is 0 Å². The molecule has 0 unspecified atom stereocenters. The molecule has 4 saturated carbocycles. The third-order valence-electron chi connectivity index (χ3n) is 13.6. The van der Waals surface area contributed by atoms with Crippen LogP contribution in [0.1, 0.15) is 120 Å². The van der Waals surface area contributed by atoms with E-state index in [1.54, 1.807) is 6.92 Å². The number of hydrogen-bond donors (Lipinski definition) is 0. The minimum absolute atomic E-state index is 0.0450. The molecule has 2 nitrogen and oxygen atoms in total. The quantitative estimate of drug-likeness (QED) is 0.284. The number of carbonyl (C=O) groups is 1. The predicted octanol–water partition coefficient (Wildman–Crippen LogP) is 8.60. The molecule has 5 rings (SSSR count). The fraction of sp³-hybridized carbons (Fsp3) is 0.906. The molecule has 0 bridgehead atoms. The summed E-state index contributed by atoms with van der Waals surface area (Å²) in [5, 5.41) is 0. The molecule has 0 N–H and O–H groups in total. The molecule has 0 aliphatic heterocycles. The van der Waals surface area contributed by atoms with Gasteiger partial charge < -0.3 is 4.74 Å². The molecule has 5 aliphatic rings. The van der Waals surface area contributed by atoms with Crippen LogP contribution in [-0.2, 0) is 9.53 Å². The van der Waals surface area contributed by atoms with Crippen LogP contribution in [-0.4, -0.2) is 12.1 Å². The van der Waals surface area contributed by atoms with E-state index in [0.717, 1.165) is 30.1 Å². The molecule has 10 atom stereocenters. The van der Waals surface area contributed by atoms with Crippen LogP contribution in [0.4, 0.5) is 0 Å². The van der Waals surface area contributed by atoms with Gasteiger partial charge in [0.25, 0.3) is 0 Å². The van der Waals surface area contributed by atoms with Gasteiger partial charge >= 0.3 is 5.97 Å². The summed E-state index contributed by atoms with van der Waals surface area (Å²) in [5.74, 6) is 3.66. The van der Waals surface area contributed by atoms with Gasteiger partial charge in [-0.15, -0.1) is 0 Å². The average molecular weight is 469 g/mol. The normalized spacial score (nSPS) is 54.0. The Morgan fingerprint density at radius 2 is 1.59 bits per heavy atom. The SMILES string of the molecule is CC(=O)O[C@H]1CC[C@@]2(C)[C@@H](CC[C@]3(C)[C@H]2CC=C2[C@H]4[C@@H](C)[C@H](C)CC[C@]4(C)CC[C@@]23C)C1(C)C. The van der Waals surface area contributed by atoms with Crippen LogP contribution in [0.15, 0.2) is 11.6 Å². The molecular weight excluding hydrogens is 416 g/mol. The maximum Gasteiger partial charge on any atom is 0.302 e. The summed E-state index contributed by atoms with van der Waals surface area (Å²) in [6.45, 7) is 22.1. The van der Waals surface area contributed by atoms with Gasteiger partial charge in [-0.2, -0.15) is 0 Å². The maximum atomic E-state index is 11.9. The Balaban J connectivity index is 1.54. The zero-order valence-corrected chi connectivity index (χ0v) is 23.7. The van der Waals surface area contributed by atoms with Gasteiger partial charge in [-0.25, -0.2) is 0 Å². The second-order valence-electron chi connectivity index (χ2n) is 15.3. The first kappa shape index (κ1) is 24.9. The Hall–Kier alpha value is -0.790. The van der Waals surface area contributed by atoms with E-state index < -0.39 is 0 Å². The highest BCUT2D eigenvalue weighted by Crippen LogP contribution is 2.75. The number of allylic oxidation sites excluding steroid dienone is 2. The van der Waals surface area contributed by atoms with Crippen LogP contribution in [0.3, 0.4) is 0 Å².